The normalized spacial score (nSPS) is 19.9. The number of fused-ring (bicyclic) bond motifs is 3. The molecule has 0 spiro atoms. The maximum atomic E-state index is 12.6. The second-order valence-corrected chi connectivity index (χ2v) is 11.0. The van der Waals surface area contributed by atoms with Gasteiger partial charge in [-0.05, 0) is 82.2 Å². The minimum absolute atomic E-state index is 0.0106. The monoisotopic (exact) mass is 479 g/mol. The molecule has 2 saturated heterocycles. The predicted octanol–water partition coefficient (Wildman–Crippen LogP) is 4.87. The van der Waals surface area contributed by atoms with Crippen molar-refractivity contribution in [2.45, 2.75) is 70.4 Å². The van der Waals surface area contributed by atoms with Crippen LogP contribution in [0.3, 0.4) is 0 Å². The van der Waals surface area contributed by atoms with Gasteiger partial charge in [-0.15, -0.1) is 11.3 Å². The Morgan fingerprint density at radius 3 is 2.68 bits per heavy atom. The number of nitrogens with zero attached hydrogens (tertiary/aromatic N) is 4. The third kappa shape index (κ3) is 4.45. The summed E-state index contributed by atoms with van der Waals surface area (Å²) in [4.78, 5) is 29.9. The Morgan fingerprint density at radius 1 is 1.06 bits per heavy atom. The lowest BCUT2D eigenvalue weighted by atomic mass is 9.96. The summed E-state index contributed by atoms with van der Waals surface area (Å²) in [5.41, 5.74) is 1.48. The van der Waals surface area contributed by atoms with Gasteiger partial charge < -0.3 is 14.6 Å². The lowest BCUT2D eigenvalue weighted by Crippen LogP contribution is -2.42. The molecule has 34 heavy (non-hydrogen) atoms. The summed E-state index contributed by atoms with van der Waals surface area (Å²) >= 11 is 1.88. The van der Waals surface area contributed by atoms with Gasteiger partial charge in [0, 0.05) is 24.0 Å². The number of aryl methyl sites for hydroxylation is 2. The van der Waals surface area contributed by atoms with Crippen LogP contribution < -0.4 is 5.32 Å². The quantitative estimate of drug-likeness (QED) is 0.563. The van der Waals surface area contributed by atoms with E-state index in [-0.39, 0.29) is 5.91 Å². The van der Waals surface area contributed by atoms with E-state index in [4.69, 9.17) is 14.4 Å². The van der Waals surface area contributed by atoms with Gasteiger partial charge in [0.15, 0.2) is 5.76 Å². The number of hydrogen-bond acceptors (Lipinski definition) is 7. The number of hydrogen-bond donors (Lipinski definition) is 1. The van der Waals surface area contributed by atoms with E-state index in [0.717, 1.165) is 68.5 Å². The van der Waals surface area contributed by atoms with Crippen LogP contribution in [0.2, 0.25) is 0 Å². The topological polar surface area (TPSA) is 74.5 Å². The predicted molar refractivity (Wildman–Crippen MR) is 134 cm³/mol. The van der Waals surface area contributed by atoms with Crippen LogP contribution in [0.1, 0.15) is 71.8 Å². The Balaban J connectivity index is 1.23. The zero-order valence-corrected chi connectivity index (χ0v) is 20.5. The first kappa shape index (κ1) is 22.0. The van der Waals surface area contributed by atoms with E-state index in [9.17, 15) is 4.79 Å². The number of piperidine rings is 2. The lowest BCUT2D eigenvalue weighted by Gasteiger charge is -2.32. The smallest absolute Gasteiger partial charge is 0.289 e. The molecule has 2 fully saturated rings. The summed E-state index contributed by atoms with van der Waals surface area (Å²) in [6.07, 6.45) is 12.1. The number of nitrogens with one attached hydrogen (secondary N) is 1. The molecule has 0 radical (unpaired) electrons. The van der Waals surface area contributed by atoms with Crippen molar-refractivity contribution in [1.29, 1.82) is 0 Å². The van der Waals surface area contributed by atoms with E-state index < -0.39 is 0 Å². The van der Waals surface area contributed by atoms with Crippen LogP contribution in [-0.2, 0) is 19.4 Å². The van der Waals surface area contributed by atoms with E-state index in [1.807, 2.05) is 16.2 Å². The molecular formula is C26H33N5O2S. The minimum Gasteiger partial charge on any atom is -0.459 e. The summed E-state index contributed by atoms with van der Waals surface area (Å²) in [5.74, 6) is 2.38. The van der Waals surface area contributed by atoms with Crippen molar-refractivity contribution in [3.63, 3.8) is 0 Å². The molecule has 0 aromatic carbocycles. The van der Waals surface area contributed by atoms with Crippen LogP contribution >= 0.6 is 11.3 Å². The minimum atomic E-state index is -0.0106. The first-order chi connectivity index (χ1) is 16.7. The molecular weight excluding hydrogens is 446 g/mol. The number of furan rings is 1. The van der Waals surface area contributed by atoms with Crippen LogP contribution in [-0.4, -0.2) is 57.9 Å². The van der Waals surface area contributed by atoms with Crippen molar-refractivity contribution in [2.75, 3.05) is 31.5 Å². The summed E-state index contributed by atoms with van der Waals surface area (Å²) in [6.45, 7) is 4.59. The molecule has 5 heterocycles. The highest BCUT2D eigenvalue weighted by Crippen LogP contribution is 2.39. The van der Waals surface area contributed by atoms with Gasteiger partial charge in [0.1, 0.15) is 16.5 Å². The molecule has 0 saturated carbocycles. The molecule has 3 aromatic rings. The summed E-state index contributed by atoms with van der Waals surface area (Å²) in [7, 11) is 0. The Kier molecular flexibility index (Phi) is 6.26. The summed E-state index contributed by atoms with van der Waals surface area (Å²) in [6, 6.07) is 3.82. The van der Waals surface area contributed by atoms with E-state index in [0.29, 0.717) is 11.8 Å². The second kappa shape index (κ2) is 9.66. The van der Waals surface area contributed by atoms with Crippen molar-refractivity contribution in [2.24, 2.45) is 0 Å². The van der Waals surface area contributed by atoms with Crippen LogP contribution in [0.4, 0.5) is 5.82 Å². The highest BCUT2D eigenvalue weighted by Gasteiger charge is 2.27. The maximum Gasteiger partial charge on any atom is 0.289 e. The van der Waals surface area contributed by atoms with Gasteiger partial charge >= 0.3 is 0 Å². The molecule has 1 N–H and O–H groups in total. The van der Waals surface area contributed by atoms with Crippen molar-refractivity contribution in [3.05, 3.63) is 40.4 Å². The standard InChI is InChI=1S/C26H33N5O2S/c32-26(20-8-6-16-33-20)31-14-10-18(11-15-31)27-24-23-19-7-2-3-9-21(19)34-25(23)29-22(28-24)17-30-12-4-1-5-13-30/h6,8,16,18H,1-5,7,9-15,17H2,(H,27,28,29). The van der Waals surface area contributed by atoms with E-state index >= 15 is 0 Å². The molecule has 0 bridgehead atoms. The number of anilines is 1. The Bertz CT molecular complexity index is 1140. The average Bonchev–Trinajstić information content (AvgIpc) is 3.53. The number of rotatable bonds is 5. The number of amides is 1. The molecule has 7 nitrogen and oxygen atoms in total. The molecule has 8 heteroatoms. The van der Waals surface area contributed by atoms with E-state index in [1.54, 1.807) is 18.4 Å². The third-order valence-electron chi connectivity index (χ3n) is 7.53. The van der Waals surface area contributed by atoms with Gasteiger partial charge in [-0.2, -0.15) is 0 Å². The van der Waals surface area contributed by atoms with Gasteiger partial charge in [0.25, 0.3) is 5.91 Å². The van der Waals surface area contributed by atoms with Gasteiger partial charge in [0.2, 0.25) is 0 Å². The van der Waals surface area contributed by atoms with Crippen LogP contribution in [0.25, 0.3) is 10.2 Å². The van der Waals surface area contributed by atoms with Gasteiger partial charge in [-0.1, -0.05) is 6.42 Å². The molecule has 6 rings (SSSR count). The zero-order chi connectivity index (χ0) is 22.9. The first-order valence-electron chi connectivity index (χ1n) is 12.9. The van der Waals surface area contributed by atoms with Crippen molar-refractivity contribution < 1.29 is 9.21 Å². The molecule has 0 unspecified atom stereocenters. The maximum absolute atomic E-state index is 12.6. The molecule has 1 amide bonds. The second-order valence-electron chi connectivity index (χ2n) is 9.90. The largest absolute Gasteiger partial charge is 0.459 e. The van der Waals surface area contributed by atoms with E-state index in [1.165, 1.54) is 54.4 Å². The molecule has 1 aliphatic carbocycles. The summed E-state index contributed by atoms with van der Waals surface area (Å²) in [5, 5.41) is 5.07. The zero-order valence-electron chi connectivity index (χ0n) is 19.7. The van der Waals surface area contributed by atoms with Gasteiger partial charge in [0.05, 0.1) is 18.2 Å². The fourth-order valence-electron chi connectivity index (χ4n) is 5.67. The number of carbonyl (C=O) groups is 1. The Morgan fingerprint density at radius 2 is 1.88 bits per heavy atom. The Labute approximate surface area is 204 Å². The van der Waals surface area contributed by atoms with Crippen molar-refractivity contribution in [1.82, 2.24) is 19.8 Å². The van der Waals surface area contributed by atoms with Gasteiger partial charge in [-0.3, -0.25) is 9.69 Å². The van der Waals surface area contributed by atoms with Crippen LogP contribution in [0.15, 0.2) is 22.8 Å². The molecule has 0 atom stereocenters. The number of thiophene rings is 1. The SMILES string of the molecule is O=C(c1ccco1)N1CCC(Nc2nc(CN3CCCCC3)nc3sc4c(c23)CCCC4)CC1. The van der Waals surface area contributed by atoms with Crippen molar-refractivity contribution >= 4 is 33.3 Å². The molecule has 3 aromatic heterocycles. The molecule has 3 aliphatic rings. The highest BCUT2D eigenvalue weighted by molar-refractivity contribution is 7.19. The molecule has 180 valence electrons. The number of aromatic nitrogens is 2. The highest BCUT2D eigenvalue weighted by atomic mass is 32.1. The van der Waals surface area contributed by atoms with Gasteiger partial charge in [-0.25, -0.2) is 9.97 Å². The number of likely N-dealkylation sites (tertiary alicyclic amines) is 2. The van der Waals surface area contributed by atoms with Crippen LogP contribution in [0.5, 0.6) is 0 Å². The summed E-state index contributed by atoms with van der Waals surface area (Å²) < 4.78 is 5.31. The molecule has 2 aliphatic heterocycles. The number of carbonyl (C=O) groups excluding carboxylic acids is 1. The van der Waals surface area contributed by atoms with Crippen LogP contribution in [0, 0.1) is 0 Å². The van der Waals surface area contributed by atoms with Crippen molar-refractivity contribution in [3.8, 4) is 0 Å². The fraction of sp³-hybridized carbons (Fsp3) is 0.577. The first-order valence-corrected chi connectivity index (χ1v) is 13.7. The third-order valence-corrected chi connectivity index (χ3v) is 8.72. The Hall–Kier alpha value is -2.45. The van der Waals surface area contributed by atoms with E-state index in [2.05, 4.69) is 10.2 Å². The average molecular weight is 480 g/mol. The lowest BCUT2D eigenvalue weighted by molar-refractivity contribution is 0.0686. The fourth-order valence-corrected chi connectivity index (χ4v) is 6.95.